The molecule has 1 aromatic carbocycles. The van der Waals surface area contributed by atoms with Crippen LogP contribution in [0.3, 0.4) is 0 Å². The summed E-state index contributed by atoms with van der Waals surface area (Å²) in [6.45, 7) is 5.61. The standard InChI is InChI=1S/C15H19BrFN3/c1-10-15(4-5-18-3)11(2)20(19-10)9-12-6-13(16)8-14(17)7-12/h6-8,18H,4-5,9H2,1-3H3. The summed E-state index contributed by atoms with van der Waals surface area (Å²) in [7, 11) is 1.94. The topological polar surface area (TPSA) is 29.9 Å². The van der Waals surface area contributed by atoms with Crippen LogP contribution >= 0.6 is 15.9 Å². The van der Waals surface area contributed by atoms with Gasteiger partial charge < -0.3 is 5.32 Å². The molecule has 0 radical (unpaired) electrons. The summed E-state index contributed by atoms with van der Waals surface area (Å²) < 4.78 is 16.1. The second-order valence-electron chi connectivity index (χ2n) is 4.94. The molecule has 0 saturated carbocycles. The highest BCUT2D eigenvalue weighted by atomic mass is 79.9. The molecule has 0 aliphatic heterocycles. The fraction of sp³-hybridized carbons (Fsp3) is 0.400. The third-order valence-electron chi connectivity index (χ3n) is 3.41. The minimum Gasteiger partial charge on any atom is -0.319 e. The molecule has 5 heteroatoms. The number of likely N-dealkylation sites (N-methyl/N-ethyl adjacent to an activating group) is 1. The molecular formula is C15H19BrFN3. The molecular weight excluding hydrogens is 321 g/mol. The number of benzene rings is 1. The van der Waals surface area contributed by atoms with E-state index < -0.39 is 0 Å². The predicted molar refractivity (Wildman–Crippen MR) is 82.5 cm³/mol. The van der Waals surface area contributed by atoms with Gasteiger partial charge in [-0.15, -0.1) is 0 Å². The van der Waals surface area contributed by atoms with E-state index in [1.54, 1.807) is 6.07 Å². The molecule has 0 atom stereocenters. The number of aromatic nitrogens is 2. The molecule has 0 saturated heterocycles. The number of rotatable bonds is 5. The van der Waals surface area contributed by atoms with Crippen molar-refractivity contribution in [2.24, 2.45) is 0 Å². The first-order valence-corrected chi connectivity index (χ1v) is 7.43. The molecule has 2 aromatic rings. The van der Waals surface area contributed by atoms with Gasteiger partial charge in [-0.05, 0) is 63.2 Å². The number of nitrogens with zero attached hydrogens (tertiary/aromatic N) is 2. The summed E-state index contributed by atoms with van der Waals surface area (Å²) in [5.41, 5.74) is 4.38. The molecule has 108 valence electrons. The molecule has 20 heavy (non-hydrogen) atoms. The first-order chi connectivity index (χ1) is 9.51. The molecule has 1 heterocycles. The summed E-state index contributed by atoms with van der Waals surface area (Å²) in [5, 5.41) is 7.72. The normalized spacial score (nSPS) is 11.1. The van der Waals surface area contributed by atoms with E-state index in [1.807, 2.05) is 24.7 Å². The van der Waals surface area contributed by atoms with Crippen molar-refractivity contribution >= 4 is 15.9 Å². The van der Waals surface area contributed by atoms with E-state index in [9.17, 15) is 4.39 Å². The van der Waals surface area contributed by atoms with Crippen LogP contribution in [-0.4, -0.2) is 23.4 Å². The van der Waals surface area contributed by atoms with Crippen LogP contribution < -0.4 is 5.32 Å². The van der Waals surface area contributed by atoms with Gasteiger partial charge in [0.2, 0.25) is 0 Å². The Labute approximate surface area is 127 Å². The zero-order chi connectivity index (χ0) is 14.7. The SMILES string of the molecule is CNCCc1c(C)nn(Cc2cc(F)cc(Br)c2)c1C. The second-order valence-corrected chi connectivity index (χ2v) is 5.85. The van der Waals surface area contributed by atoms with Crippen molar-refractivity contribution in [2.75, 3.05) is 13.6 Å². The van der Waals surface area contributed by atoms with E-state index in [4.69, 9.17) is 0 Å². The van der Waals surface area contributed by atoms with Gasteiger partial charge in [-0.1, -0.05) is 15.9 Å². The summed E-state index contributed by atoms with van der Waals surface area (Å²) in [6.07, 6.45) is 0.959. The van der Waals surface area contributed by atoms with Crippen LogP contribution in [0.1, 0.15) is 22.5 Å². The first kappa shape index (κ1) is 15.2. The lowest BCUT2D eigenvalue weighted by Gasteiger charge is -2.07. The van der Waals surface area contributed by atoms with Gasteiger partial charge in [0.15, 0.2) is 0 Å². The van der Waals surface area contributed by atoms with Crippen LogP contribution in [0, 0.1) is 19.7 Å². The highest BCUT2D eigenvalue weighted by molar-refractivity contribution is 9.10. The van der Waals surface area contributed by atoms with Gasteiger partial charge in [-0.25, -0.2) is 4.39 Å². The Bertz CT molecular complexity index is 587. The molecule has 2 rings (SSSR count). The van der Waals surface area contributed by atoms with Gasteiger partial charge >= 0.3 is 0 Å². The average molecular weight is 340 g/mol. The lowest BCUT2D eigenvalue weighted by molar-refractivity contribution is 0.614. The van der Waals surface area contributed by atoms with Crippen LogP contribution in [0.4, 0.5) is 4.39 Å². The molecule has 0 amide bonds. The summed E-state index contributed by atoms with van der Waals surface area (Å²) in [5.74, 6) is -0.230. The van der Waals surface area contributed by atoms with E-state index in [1.165, 1.54) is 11.6 Å². The Balaban J connectivity index is 2.25. The number of hydrogen-bond acceptors (Lipinski definition) is 2. The fourth-order valence-electron chi connectivity index (χ4n) is 2.37. The van der Waals surface area contributed by atoms with E-state index in [0.717, 1.165) is 34.4 Å². The van der Waals surface area contributed by atoms with Crippen molar-refractivity contribution in [1.82, 2.24) is 15.1 Å². The van der Waals surface area contributed by atoms with Crippen LogP contribution in [0.2, 0.25) is 0 Å². The maximum atomic E-state index is 13.4. The Kier molecular flexibility index (Phi) is 4.94. The zero-order valence-electron chi connectivity index (χ0n) is 12.0. The van der Waals surface area contributed by atoms with Crippen molar-refractivity contribution in [2.45, 2.75) is 26.8 Å². The number of halogens is 2. The number of aryl methyl sites for hydroxylation is 1. The summed E-state index contributed by atoms with van der Waals surface area (Å²) in [4.78, 5) is 0. The van der Waals surface area contributed by atoms with Gasteiger partial charge in [0.1, 0.15) is 5.82 Å². The van der Waals surface area contributed by atoms with Gasteiger partial charge in [0, 0.05) is 10.2 Å². The molecule has 1 aromatic heterocycles. The summed E-state index contributed by atoms with van der Waals surface area (Å²) in [6, 6.07) is 4.93. The smallest absolute Gasteiger partial charge is 0.124 e. The van der Waals surface area contributed by atoms with Gasteiger partial charge in [-0.3, -0.25) is 4.68 Å². The van der Waals surface area contributed by atoms with Crippen molar-refractivity contribution in [1.29, 1.82) is 0 Å². The minimum absolute atomic E-state index is 0.230. The molecule has 0 aliphatic carbocycles. The summed E-state index contributed by atoms with van der Waals surface area (Å²) >= 11 is 3.32. The van der Waals surface area contributed by atoms with Crippen molar-refractivity contribution < 1.29 is 4.39 Å². The van der Waals surface area contributed by atoms with E-state index in [2.05, 4.69) is 33.3 Å². The van der Waals surface area contributed by atoms with Crippen LogP contribution in [0.5, 0.6) is 0 Å². The molecule has 0 unspecified atom stereocenters. The largest absolute Gasteiger partial charge is 0.319 e. The Morgan fingerprint density at radius 2 is 2.05 bits per heavy atom. The molecule has 0 aliphatic rings. The lowest BCUT2D eigenvalue weighted by Crippen LogP contribution is -2.11. The Morgan fingerprint density at radius 3 is 2.70 bits per heavy atom. The first-order valence-electron chi connectivity index (χ1n) is 6.63. The maximum Gasteiger partial charge on any atom is 0.124 e. The van der Waals surface area contributed by atoms with Gasteiger partial charge in [0.25, 0.3) is 0 Å². The van der Waals surface area contributed by atoms with E-state index in [0.29, 0.717) is 6.54 Å². The molecule has 1 N–H and O–H groups in total. The monoisotopic (exact) mass is 339 g/mol. The lowest BCUT2D eigenvalue weighted by atomic mass is 10.1. The van der Waals surface area contributed by atoms with Crippen LogP contribution in [0.15, 0.2) is 22.7 Å². The predicted octanol–water partition coefficient (Wildman–Crippen LogP) is 3.21. The fourth-order valence-corrected chi connectivity index (χ4v) is 2.89. The quantitative estimate of drug-likeness (QED) is 0.906. The van der Waals surface area contributed by atoms with Crippen molar-refractivity contribution in [3.05, 3.63) is 51.0 Å². The third kappa shape index (κ3) is 3.46. The van der Waals surface area contributed by atoms with Gasteiger partial charge in [-0.2, -0.15) is 5.10 Å². The van der Waals surface area contributed by atoms with E-state index >= 15 is 0 Å². The second kappa shape index (κ2) is 6.50. The van der Waals surface area contributed by atoms with E-state index in [-0.39, 0.29) is 5.82 Å². The minimum atomic E-state index is -0.230. The highest BCUT2D eigenvalue weighted by Gasteiger charge is 2.11. The highest BCUT2D eigenvalue weighted by Crippen LogP contribution is 2.18. The average Bonchev–Trinajstić information content (AvgIpc) is 2.61. The third-order valence-corrected chi connectivity index (χ3v) is 3.87. The van der Waals surface area contributed by atoms with Crippen molar-refractivity contribution in [3.8, 4) is 0 Å². The van der Waals surface area contributed by atoms with Crippen LogP contribution in [0.25, 0.3) is 0 Å². The molecule has 0 spiro atoms. The van der Waals surface area contributed by atoms with Gasteiger partial charge in [0.05, 0.1) is 12.2 Å². The Hall–Kier alpha value is -1.20. The maximum absolute atomic E-state index is 13.4. The number of nitrogens with one attached hydrogen (secondary N) is 1. The van der Waals surface area contributed by atoms with Crippen LogP contribution in [-0.2, 0) is 13.0 Å². The van der Waals surface area contributed by atoms with Crippen molar-refractivity contribution in [3.63, 3.8) is 0 Å². The molecule has 3 nitrogen and oxygen atoms in total. The Morgan fingerprint density at radius 1 is 1.30 bits per heavy atom. The molecule has 0 fully saturated rings. The zero-order valence-corrected chi connectivity index (χ0v) is 13.6. The molecule has 0 bridgehead atoms. The number of hydrogen-bond donors (Lipinski definition) is 1.